The van der Waals surface area contributed by atoms with Gasteiger partial charge < -0.3 is 14.5 Å². The molecule has 0 unspecified atom stereocenters. The first-order chi connectivity index (χ1) is 14.5. The normalized spacial score (nSPS) is 25.1. The Morgan fingerprint density at radius 2 is 1.93 bits per heavy atom. The number of carbonyl (C=O) groups is 2. The SMILES string of the molecule is CC(=O)c1cnc(N2CCC3(CC2)O[C@@H]2CC[C@@H](c4ccccc4)N2C3=O)cc1Cl. The number of piperidine rings is 1. The van der Waals surface area contributed by atoms with Gasteiger partial charge in [-0.1, -0.05) is 41.9 Å². The Bertz CT molecular complexity index is 988. The van der Waals surface area contributed by atoms with Gasteiger partial charge in [-0.05, 0) is 25.3 Å². The molecule has 0 radical (unpaired) electrons. The number of hydrogen-bond donors (Lipinski definition) is 0. The van der Waals surface area contributed by atoms with Crippen LogP contribution in [-0.4, -0.2) is 46.5 Å². The summed E-state index contributed by atoms with van der Waals surface area (Å²) in [5.41, 5.74) is 0.865. The number of aromatic nitrogens is 1. The summed E-state index contributed by atoms with van der Waals surface area (Å²) in [6.07, 6.45) is 4.45. The van der Waals surface area contributed by atoms with Gasteiger partial charge in [0.25, 0.3) is 5.91 Å². The van der Waals surface area contributed by atoms with Gasteiger partial charge >= 0.3 is 0 Å². The van der Waals surface area contributed by atoms with E-state index in [1.807, 2.05) is 23.1 Å². The lowest BCUT2D eigenvalue weighted by Crippen LogP contribution is -2.50. The van der Waals surface area contributed by atoms with Gasteiger partial charge in [-0.2, -0.15) is 0 Å². The molecule has 1 aromatic carbocycles. The van der Waals surface area contributed by atoms with Gasteiger partial charge in [0.2, 0.25) is 0 Å². The van der Waals surface area contributed by atoms with Crippen LogP contribution in [0.5, 0.6) is 0 Å². The van der Waals surface area contributed by atoms with E-state index < -0.39 is 5.60 Å². The molecule has 1 amide bonds. The van der Waals surface area contributed by atoms with E-state index in [2.05, 4.69) is 22.0 Å². The first kappa shape index (κ1) is 19.5. The van der Waals surface area contributed by atoms with Gasteiger partial charge in [0.1, 0.15) is 12.0 Å². The van der Waals surface area contributed by atoms with Crippen molar-refractivity contribution in [1.82, 2.24) is 9.88 Å². The number of Topliss-reactive ketones (excluding diaryl/α,β-unsaturated/α-hetero) is 1. The third kappa shape index (κ3) is 3.10. The molecule has 6 nitrogen and oxygen atoms in total. The Morgan fingerprint density at radius 1 is 1.20 bits per heavy atom. The molecule has 30 heavy (non-hydrogen) atoms. The number of amides is 1. The highest BCUT2D eigenvalue weighted by Gasteiger charge is 2.57. The van der Waals surface area contributed by atoms with Crippen LogP contribution in [0.3, 0.4) is 0 Å². The number of ketones is 1. The lowest BCUT2D eigenvalue weighted by molar-refractivity contribution is -0.140. The summed E-state index contributed by atoms with van der Waals surface area (Å²) >= 11 is 6.25. The summed E-state index contributed by atoms with van der Waals surface area (Å²) in [5, 5.41) is 0.410. The third-order valence-electron chi connectivity index (χ3n) is 6.62. The van der Waals surface area contributed by atoms with Crippen LogP contribution in [0.25, 0.3) is 0 Å². The number of fused-ring (bicyclic) bond motifs is 1. The van der Waals surface area contributed by atoms with Gasteiger partial charge in [0.05, 0.1) is 16.6 Å². The highest BCUT2D eigenvalue weighted by atomic mass is 35.5. The zero-order valence-corrected chi connectivity index (χ0v) is 17.6. The van der Waals surface area contributed by atoms with Crippen molar-refractivity contribution in [1.29, 1.82) is 0 Å². The van der Waals surface area contributed by atoms with Crippen molar-refractivity contribution in [3.05, 3.63) is 58.7 Å². The molecule has 4 heterocycles. The first-order valence-electron chi connectivity index (χ1n) is 10.5. The van der Waals surface area contributed by atoms with Crippen LogP contribution in [0.1, 0.15) is 54.6 Å². The average molecular weight is 426 g/mol. The number of pyridine rings is 1. The second-order valence-electron chi connectivity index (χ2n) is 8.35. The predicted molar refractivity (Wildman–Crippen MR) is 114 cm³/mol. The van der Waals surface area contributed by atoms with Crippen molar-refractivity contribution in [3.63, 3.8) is 0 Å². The minimum absolute atomic E-state index is 0.0979. The van der Waals surface area contributed by atoms with E-state index in [1.165, 1.54) is 18.7 Å². The van der Waals surface area contributed by atoms with Gasteiger partial charge in [-0.25, -0.2) is 4.98 Å². The van der Waals surface area contributed by atoms with E-state index in [-0.39, 0.29) is 24.0 Å². The largest absolute Gasteiger partial charge is 0.356 e. The number of hydrogen-bond acceptors (Lipinski definition) is 5. The molecule has 0 saturated carbocycles. The molecule has 7 heteroatoms. The molecule has 3 fully saturated rings. The second-order valence-corrected chi connectivity index (χ2v) is 8.76. The summed E-state index contributed by atoms with van der Waals surface area (Å²) < 4.78 is 6.39. The van der Waals surface area contributed by atoms with Crippen molar-refractivity contribution < 1.29 is 14.3 Å². The number of carbonyl (C=O) groups excluding carboxylic acids is 2. The highest BCUT2D eigenvalue weighted by molar-refractivity contribution is 6.34. The van der Waals surface area contributed by atoms with Crippen LogP contribution in [0.2, 0.25) is 5.02 Å². The van der Waals surface area contributed by atoms with Crippen LogP contribution in [0, 0.1) is 0 Å². The van der Waals surface area contributed by atoms with Crippen molar-refractivity contribution >= 4 is 29.1 Å². The lowest BCUT2D eigenvalue weighted by atomic mass is 9.89. The summed E-state index contributed by atoms with van der Waals surface area (Å²) in [6.45, 7) is 2.79. The summed E-state index contributed by atoms with van der Waals surface area (Å²) in [4.78, 5) is 33.6. The molecule has 1 aromatic heterocycles. The van der Waals surface area contributed by atoms with Crippen molar-refractivity contribution in [3.8, 4) is 0 Å². The molecule has 3 saturated heterocycles. The molecule has 0 aliphatic carbocycles. The van der Waals surface area contributed by atoms with Gasteiger partial charge in [0.15, 0.2) is 11.4 Å². The maximum Gasteiger partial charge on any atom is 0.257 e. The van der Waals surface area contributed by atoms with Crippen LogP contribution in [-0.2, 0) is 9.53 Å². The number of nitrogens with zero attached hydrogens (tertiary/aromatic N) is 3. The zero-order valence-electron chi connectivity index (χ0n) is 16.9. The minimum atomic E-state index is -0.738. The van der Waals surface area contributed by atoms with E-state index in [9.17, 15) is 9.59 Å². The molecule has 0 N–H and O–H groups in total. The Labute approximate surface area is 180 Å². The monoisotopic (exact) mass is 425 g/mol. The van der Waals surface area contributed by atoms with E-state index >= 15 is 0 Å². The molecule has 156 valence electrons. The molecule has 2 aromatic rings. The molecule has 3 aliphatic rings. The number of rotatable bonds is 3. The van der Waals surface area contributed by atoms with E-state index in [4.69, 9.17) is 16.3 Å². The molecule has 3 aliphatic heterocycles. The van der Waals surface area contributed by atoms with Crippen LogP contribution < -0.4 is 4.90 Å². The first-order valence-corrected chi connectivity index (χ1v) is 10.8. The average Bonchev–Trinajstić information content (AvgIpc) is 3.27. The Kier molecular flexibility index (Phi) is 4.79. The standard InChI is InChI=1S/C23H24ClN3O3/c1-15(28)17-14-25-20(13-18(17)24)26-11-9-23(10-12-26)22(29)27-19(7-8-21(27)30-23)16-5-3-2-4-6-16/h2-6,13-14,19,21H,7-12H2,1H3/t19-,21+/m0/s1. The zero-order chi connectivity index (χ0) is 20.9. The summed E-state index contributed by atoms with van der Waals surface area (Å²) in [5.74, 6) is 0.750. The third-order valence-corrected chi connectivity index (χ3v) is 6.93. The van der Waals surface area contributed by atoms with Gasteiger partial charge in [-0.3, -0.25) is 9.59 Å². The van der Waals surface area contributed by atoms with Crippen molar-refractivity contribution in [2.75, 3.05) is 18.0 Å². The van der Waals surface area contributed by atoms with Crippen molar-refractivity contribution in [2.45, 2.75) is 50.5 Å². The van der Waals surface area contributed by atoms with Gasteiger partial charge in [-0.15, -0.1) is 0 Å². The number of ether oxygens (including phenoxy) is 1. The Morgan fingerprint density at radius 3 is 2.60 bits per heavy atom. The maximum atomic E-state index is 13.5. The fraction of sp³-hybridized carbons (Fsp3) is 0.435. The fourth-order valence-corrected chi connectivity index (χ4v) is 5.28. The topological polar surface area (TPSA) is 62.7 Å². The van der Waals surface area contributed by atoms with Crippen LogP contribution >= 0.6 is 11.6 Å². The van der Waals surface area contributed by atoms with Crippen LogP contribution in [0.15, 0.2) is 42.6 Å². The molecule has 0 bridgehead atoms. The second kappa shape index (κ2) is 7.36. The fourth-order valence-electron chi connectivity index (χ4n) is 5.00. The van der Waals surface area contributed by atoms with E-state index in [0.29, 0.717) is 36.5 Å². The quantitative estimate of drug-likeness (QED) is 0.695. The molecule has 1 spiro atoms. The molecular formula is C23H24ClN3O3. The Hall–Kier alpha value is -2.44. The maximum absolute atomic E-state index is 13.5. The van der Waals surface area contributed by atoms with E-state index in [1.54, 1.807) is 6.07 Å². The van der Waals surface area contributed by atoms with E-state index in [0.717, 1.165) is 18.7 Å². The number of halogens is 1. The summed E-state index contributed by atoms with van der Waals surface area (Å²) in [6, 6.07) is 12.1. The smallest absolute Gasteiger partial charge is 0.257 e. The number of benzene rings is 1. The lowest BCUT2D eigenvalue weighted by Gasteiger charge is -2.38. The number of anilines is 1. The molecule has 2 atom stereocenters. The summed E-state index contributed by atoms with van der Waals surface area (Å²) in [7, 11) is 0. The Balaban J connectivity index is 1.31. The van der Waals surface area contributed by atoms with Crippen LogP contribution in [0.4, 0.5) is 5.82 Å². The van der Waals surface area contributed by atoms with Gasteiger partial charge in [0, 0.05) is 38.2 Å². The molecule has 5 rings (SSSR count). The highest BCUT2D eigenvalue weighted by Crippen LogP contribution is 2.47. The van der Waals surface area contributed by atoms with Crippen molar-refractivity contribution in [2.24, 2.45) is 0 Å². The minimum Gasteiger partial charge on any atom is -0.356 e. The molecular weight excluding hydrogens is 402 g/mol. The predicted octanol–water partition coefficient (Wildman–Crippen LogP) is 4.00.